The summed E-state index contributed by atoms with van der Waals surface area (Å²) in [5.41, 5.74) is -2.25. The lowest BCUT2D eigenvalue weighted by Gasteiger charge is -2.01. The first-order valence-electron chi connectivity index (χ1n) is 7.34. The van der Waals surface area contributed by atoms with Crippen LogP contribution in [0.15, 0.2) is 47.5 Å². The standard InChI is InChI=1S/C9H8N2O.C6H3N3O7/c1-11-6-10-9(12)7-4-2-3-5-8(7)11;10-6-4(8(13)14)1-3(7(11)12)2-5(6)9(15)16/h2-6H,1H3;1-2,10H. The van der Waals surface area contributed by atoms with Crippen LogP contribution in [-0.4, -0.2) is 29.4 Å². The Hall–Kier alpha value is -4.42. The average Bonchev–Trinajstić information content (AvgIpc) is 2.65. The molecule has 1 aromatic heterocycles. The van der Waals surface area contributed by atoms with E-state index in [2.05, 4.69) is 4.98 Å². The Morgan fingerprint density at radius 1 is 0.964 bits per heavy atom. The first-order chi connectivity index (χ1) is 13.1. The molecule has 0 saturated heterocycles. The second-order valence-electron chi connectivity index (χ2n) is 5.28. The fourth-order valence-corrected chi connectivity index (χ4v) is 2.21. The van der Waals surface area contributed by atoms with Gasteiger partial charge in [-0.3, -0.25) is 35.1 Å². The number of nitrogens with zero attached hydrogens (tertiary/aromatic N) is 5. The van der Waals surface area contributed by atoms with E-state index in [0.29, 0.717) is 17.5 Å². The highest BCUT2D eigenvalue weighted by atomic mass is 16.6. The Morgan fingerprint density at radius 3 is 1.96 bits per heavy atom. The van der Waals surface area contributed by atoms with E-state index >= 15 is 0 Å². The topological polar surface area (TPSA) is 185 Å². The number of phenolic OH excluding ortho intramolecular Hbond substituents is 1. The molecule has 0 saturated carbocycles. The number of fused-ring (bicyclic) bond motifs is 1. The number of rotatable bonds is 3. The van der Waals surface area contributed by atoms with Crippen LogP contribution in [-0.2, 0) is 7.05 Å². The van der Waals surface area contributed by atoms with Gasteiger partial charge in [-0.2, -0.15) is 4.98 Å². The molecule has 0 spiro atoms. The predicted octanol–water partition coefficient (Wildman–Crippen LogP) is 2.05. The third kappa shape index (κ3) is 4.04. The third-order valence-corrected chi connectivity index (χ3v) is 3.52. The van der Waals surface area contributed by atoms with Gasteiger partial charge in [-0.25, -0.2) is 0 Å². The van der Waals surface area contributed by atoms with E-state index < -0.39 is 37.6 Å². The molecule has 2 aromatic carbocycles. The van der Waals surface area contributed by atoms with Gasteiger partial charge in [0, 0.05) is 7.05 Å². The fourth-order valence-electron chi connectivity index (χ4n) is 2.21. The summed E-state index contributed by atoms with van der Waals surface area (Å²) >= 11 is 0. The average molecular weight is 389 g/mol. The number of aromatic hydroxyl groups is 1. The van der Waals surface area contributed by atoms with Gasteiger partial charge in [0.2, 0.25) is 0 Å². The van der Waals surface area contributed by atoms with Crippen LogP contribution in [0.1, 0.15) is 0 Å². The maximum Gasteiger partial charge on any atom is 0.324 e. The van der Waals surface area contributed by atoms with Gasteiger partial charge in [0.15, 0.2) is 0 Å². The maximum absolute atomic E-state index is 11.2. The number of nitro benzene ring substituents is 3. The summed E-state index contributed by atoms with van der Waals surface area (Å²) in [5.74, 6) is -1.21. The number of benzene rings is 2. The molecular weight excluding hydrogens is 378 g/mol. The SMILES string of the molecule is Cn1cnc(=O)c2ccccc21.O=[N+]([O-])c1cc([N+](=O)[O-])c(O)c([N+](=O)[O-])c1. The van der Waals surface area contributed by atoms with Gasteiger partial charge in [-0.1, -0.05) is 12.1 Å². The van der Waals surface area contributed by atoms with E-state index in [4.69, 9.17) is 5.11 Å². The lowest BCUT2D eigenvalue weighted by atomic mass is 10.2. The zero-order valence-corrected chi connectivity index (χ0v) is 14.1. The summed E-state index contributed by atoms with van der Waals surface area (Å²) in [6.07, 6.45) is 1.53. The van der Waals surface area contributed by atoms with Crippen LogP contribution in [0.2, 0.25) is 0 Å². The molecule has 144 valence electrons. The van der Waals surface area contributed by atoms with Crippen molar-refractivity contribution in [1.82, 2.24) is 9.55 Å². The molecule has 0 atom stereocenters. The molecule has 3 rings (SSSR count). The van der Waals surface area contributed by atoms with Crippen LogP contribution in [0.5, 0.6) is 5.75 Å². The molecule has 28 heavy (non-hydrogen) atoms. The molecule has 0 aliphatic carbocycles. The molecule has 1 heterocycles. The number of phenols is 1. The van der Waals surface area contributed by atoms with Crippen LogP contribution in [0.4, 0.5) is 17.1 Å². The minimum absolute atomic E-state index is 0.163. The number of hydrogen-bond donors (Lipinski definition) is 1. The van der Waals surface area contributed by atoms with Gasteiger partial charge in [0.25, 0.3) is 17.0 Å². The van der Waals surface area contributed by atoms with Crippen LogP contribution in [0, 0.1) is 30.3 Å². The molecule has 0 bridgehead atoms. The zero-order chi connectivity index (χ0) is 21.0. The molecular formula is C15H11N5O8. The zero-order valence-electron chi connectivity index (χ0n) is 14.1. The number of aryl methyl sites for hydroxylation is 1. The Balaban J connectivity index is 0.000000207. The van der Waals surface area contributed by atoms with Gasteiger partial charge < -0.3 is 9.67 Å². The summed E-state index contributed by atoms with van der Waals surface area (Å²) in [6.45, 7) is 0. The van der Waals surface area contributed by atoms with Crippen molar-refractivity contribution in [3.63, 3.8) is 0 Å². The Morgan fingerprint density at radius 2 is 1.50 bits per heavy atom. The van der Waals surface area contributed by atoms with Crippen LogP contribution in [0.25, 0.3) is 10.9 Å². The van der Waals surface area contributed by atoms with Gasteiger partial charge in [0.05, 0.1) is 44.1 Å². The summed E-state index contributed by atoms with van der Waals surface area (Å²) in [5, 5.41) is 40.9. The molecule has 0 fully saturated rings. The van der Waals surface area contributed by atoms with Crippen molar-refractivity contribution < 1.29 is 19.9 Å². The van der Waals surface area contributed by atoms with Crippen molar-refractivity contribution in [3.05, 3.63) is 83.4 Å². The molecule has 0 amide bonds. The van der Waals surface area contributed by atoms with E-state index in [0.717, 1.165) is 5.52 Å². The summed E-state index contributed by atoms with van der Waals surface area (Å²) in [6, 6.07) is 8.32. The molecule has 1 N–H and O–H groups in total. The summed E-state index contributed by atoms with van der Waals surface area (Å²) in [4.78, 5) is 42.7. The van der Waals surface area contributed by atoms with Gasteiger partial charge in [0.1, 0.15) is 0 Å². The minimum Gasteiger partial charge on any atom is -0.497 e. The number of nitro groups is 3. The normalized spacial score (nSPS) is 10.0. The van der Waals surface area contributed by atoms with Crippen molar-refractivity contribution >= 4 is 28.0 Å². The van der Waals surface area contributed by atoms with Gasteiger partial charge in [-0.05, 0) is 12.1 Å². The Bertz CT molecular complexity index is 1120. The highest BCUT2D eigenvalue weighted by molar-refractivity contribution is 5.77. The largest absolute Gasteiger partial charge is 0.497 e. The molecule has 13 heteroatoms. The summed E-state index contributed by atoms with van der Waals surface area (Å²) < 4.78 is 1.83. The second-order valence-corrected chi connectivity index (χ2v) is 5.28. The third-order valence-electron chi connectivity index (χ3n) is 3.52. The molecule has 0 radical (unpaired) electrons. The van der Waals surface area contributed by atoms with E-state index in [1.165, 1.54) is 6.33 Å². The smallest absolute Gasteiger partial charge is 0.324 e. The van der Waals surface area contributed by atoms with E-state index in [-0.39, 0.29) is 5.56 Å². The van der Waals surface area contributed by atoms with Crippen LogP contribution >= 0.6 is 0 Å². The van der Waals surface area contributed by atoms with Gasteiger partial charge in [-0.15, -0.1) is 0 Å². The van der Waals surface area contributed by atoms with E-state index in [1.54, 1.807) is 6.07 Å². The summed E-state index contributed by atoms with van der Waals surface area (Å²) in [7, 11) is 1.87. The molecule has 0 aliphatic rings. The first-order valence-corrected chi connectivity index (χ1v) is 7.34. The lowest BCUT2D eigenvalue weighted by molar-refractivity contribution is -0.404. The highest BCUT2D eigenvalue weighted by Gasteiger charge is 2.30. The molecule has 13 nitrogen and oxygen atoms in total. The monoisotopic (exact) mass is 389 g/mol. The molecule has 0 aliphatic heterocycles. The predicted molar refractivity (Wildman–Crippen MR) is 95.1 cm³/mol. The van der Waals surface area contributed by atoms with Crippen LogP contribution < -0.4 is 5.56 Å². The van der Waals surface area contributed by atoms with Crippen molar-refractivity contribution in [2.24, 2.45) is 7.05 Å². The molecule has 3 aromatic rings. The van der Waals surface area contributed by atoms with E-state index in [1.807, 2.05) is 29.8 Å². The van der Waals surface area contributed by atoms with Gasteiger partial charge >= 0.3 is 11.4 Å². The second kappa shape index (κ2) is 7.86. The lowest BCUT2D eigenvalue weighted by Crippen LogP contribution is -2.09. The van der Waals surface area contributed by atoms with Crippen molar-refractivity contribution in [2.45, 2.75) is 0 Å². The first kappa shape index (κ1) is 19.9. The number of hydrogen-bond acceptors (Lipinski definition) is 9. The van der Waals surface area contributed by atoms with Crippen molar-refractivity contribution in [3.8, 4) is 5.75 Å². The van der Waals surface area contributed by atoms with Crippen LogP contribution in [0.3, 0.4) is 0 Å². The number of aromatic nitrogens is 2. The quantitative estimate of drug-likeness (QED) is 0.517. The fraction of sp³-hybridized carbons (Fsp3) is 0.0667. The number of non-ortho nitro benzene ring substituents is 1. The van der Waals surface area contributed by atoms with Crippen molar-refractivity contribution in [1.29, 1.82) is 0 Å². The van der Waals surface area contributed by atoms with Crippen molar-refractivity contribution in [2.75, 3.05) is 0 Å². The van der Waals surface area contributed by atoms with E-state index in [9.17, 15) is 35.1 Å². The maximum atomic E-state index is 11.2. The molecule has 0 unspecified atom stereocenters. The Kier molecular flexibility index (Phi) is 5.58. The highest BCUT2D eigenvalue weighted by Crippen LogP contribution is 2.38. The Labute approximate surface area is 154 Å². The minimum atomic E-state index is -1.21. The number of para-hydroxylation sites is 1.